The third kappa shape index (κ3) is 3.58. The van der Waals surface area contributed by atoms with Crippen molar-refractivity contribution < 1.29 is 9.18 Å². The summed E-state index contributed by atoms with van der Waals surface area (Å²) in [6.07, 6.45) is 4.97. The van der Waals surface area contributed by atoms with E-state index in [0.717, 1.165) is 35.7 Å². The number of hydrogen-bond donors (Lipinski definition) is 1. The van der Waals surface area contributed by atoms with Crippen LogP contribution in [0, 0.1) is 5.82 Å². The fourth-order valence-corrected chi connectivity index (χ4v) is 4.30. The Morgan fingerprint density at radius 3 is 2.61 bits per heavy atom. The molecule has 7 heteroatoms. The Kier molecular flexibility index (Phi) is 5.02. The average Bonchev–Trinajstić information content (AvgIpc) is 3.14. The molecular weight excluding hydrogens is 425 g/mol. The molecule has 5 nitrogen and oxygen atoms in total. The van der Waals surface area contributed by atoms with E-state index in [1.165, 1.54) is 23.0 Å². The van der Waals surface area contributed by atoms with Gasteiger partial charge in [0.1, 0.15) is 12.4 Å². The second-order valence-corrected chi connectivity index (χ2v) is 8.10. The molecule has 1 N–H and O–H groups in total. The summed E-state index contributed by atoms with van der Waals surface area (Å²) in [6.45, 7) is -0.114. The average molecular weight is 444 g/mol. The first kappa shape index (κ1) is 18.8. The molecule has 0 atom stereocenters. The minimum Gasteiger partial charge on any atom is -0.345 e. The summed E-state index contributed by atoms with van der Waals surface area (Å²) in [5.74, 6) is -0.562. The number of benzene rings is 2. The minimum atomic E-state index is -0.512. The van der Waals surface area contributed by atoms with E-state index in [0.29, 0.717) is 10.9 Å². The number of hydrogen-bond acceptors (Lipinski definition) is 3. The van der Waals surface area contributed by atoms with Crippen molar-refractivity contribution in [2.45, 2.75) is 37.8 Å². The first-order valence-corrected chi connectivity index (χ1v) is 9.98. The molecule has 1 fully saturated rings. The van der Waals surface area contributed by atoms with Gasteiger partial charge in [0.25, 0.3) is 5.56 Å². The van der Waals surface area contributed by atoms with Crippen LogP contribution in [0.15, 0.2) is 58.1 Å². The summed E-state index contributed by atoms with van der Waals surface area (Å²) in [6, 6.07) is 11.6. The first-order valence-electron chi connectivity index (χ1n) is 9.19. The molecule has 0 saturated heterocycles. The quantitative estimate of drug-likeness (QED) is 0.665. The number of rotatable bonds is 4. The summed E-state index contributed by atoms with van der Waals surface area (Å²) in [4.78, 5) is 29.8. The van der Waals surface area contributed by atoms with Crippen molar-refractivity contribution in [3.8, 4) is 0 Å². The Bertz CT molecular complexity index is 1090. The molecule has 0 spiro atoms. The van der Waals surface area contributed by atoms with E-state index in [-0.39, 0.29) is 23.8 Å². The second kappa shape index (κ2) is 7.47. The molecule has 1 aromatic heterocycles. The molecule has 1 aliphatic rings. The topological polar surface area (TPSA) is 64.0 Å². The van der Waals surface area contributed by atoms with Crippen LogP contribution in [0.2, 0.25) is 0 Å². The molecule has 0 unspecified atom stereocenters. The van der Waals surface area contributed by atoms with Gasteiger partial charge in [0, 0.05) is 4.47 Å². The maximum Gasteiger partial charge on any atom is 0.261 e. The van der Waals surface area contributed by atoms with Gasteiger partial charge in [-0.05, 0) is 48.7 Å². The molecule has 4 rings (SSSR count). The van der Waals surface area contributed by atoms with Crippen molar-refractivity contribution in [1.29, 1.82) is 0 Å². The zero-order valence-corrected chi connectivity index (χ0v) is 16.7. The van der Waals surface area contributed by atoms with Crippen LogP contribution in [0.25, 0.3) is 10.9 Å². The number of amides is 1. The van der Waals surface area contributed by atoms with Gasteiger partial charge in [-0.25, -0.2) is 9.37 Å². The van der Waals surface area contributed by atoms with Crippen molar-refractivity contribution in [2.24, 2.45) is 0 Å². The van der Waals surface area contributed by atoms with Crippen molar-refractivity contribution in [3.05, 3.63) is 75.0 Å². The van der Waals surface area contributed by atoms with Crippen LogP contribution in [-0.2, 0) is 16.9 Å². The predicted octanol–water partition coefficient (Wildman–Crippen LogP) is 3.88. The van der Waals surface area contributed by atoms with Gasteiger partial charge in [0.2, 0.25) is 5.91 Å². The Labute approximate surface area is 169 Å². The standard InChI is InChI=1S/C21H19BrFN3O2/c22-15-5-8-18-17(11-15)20(28)26(13-24-18)12-19(27)25-21(9-1-2-10-21)14-3-6-16(23)7-4-14/h3-8,11,13H,1-2,9-10,12H2,(H,25,27). The molecule has 2 aromatic carbocycles. The molecule has 3 aromatic rings. The second-order valence-electron chi connectivity index (χ2n) is 7.18. The Balaban J connectivity index is 1.59. The SMILES string of the molecule is O=C(Cn1cnc2ccc(Br)cc2c1=O)NC1(c2ccc(F)cc2)CCCC1. The van der Waals surface area contributed by atoms with E-state index in [1.54, 1.807) is 24.3 Å². The first-order chi connectivity index (χ1) is 13.5. The van der Waals surface area contributed by atoms with Crippen LogP contribution >= 0.6 is 15.9 Å². The molecule has 144 valence electrons. The molecule has 0 aliphatic heterocycles. The van der Waals surface area contributed by atoms with Crippen LogP contribution in [0.4, 0.5) is 4.39 Å². The number of nitrogens with one attached hydrogen (secondary N) is 1. The van der Waals surface area contributed by atoms with Crippen molar-refractivity contribution in [3.63, 3.8) is 0 Å². The monoisotopic (exact) mass is 443 g/mol. The van der Waals surface area contributed by atoms with Crippen LogP contribution in [0.3, 0.4) is 0 Å². The van der Waals surface area contributed by atoms with E-state index in [9.17, 15) is 14.0 Å². The molecule has 1 amide bonds. The lowest BCUT2D eigenvalue weighted by molar-refractivity contribution is -0.123. The van der Waals surface area contributed by atoms with Crippen molar-refractivity contribution in [1.82, 2.24) is 14.9 Å². The molecule has 1 heterocycles. The Morgan fingerprint density at radius 2 is 1.89 bits per heavy atom. The molecule has 1 saturated carbocycles. The molecule has 0 bridgehead atoms. The summed E-state index contributed by atoms with van der Waals surface area (Å²) in [5, 5.41) is 3.56. The van der Waals surface area contributed by atoms with E-state index in [2.05, 4.69) is 26.2 Å². The number of fused-ring (bicyclic) bond motifs is 1. The van der Waals surface area contributed by atoms with Gasteiger partial charge in [-0.2, -0.15) is 0 Å². The fourth-order valence-electron chi connectivity index (χ4n) is 3.94. The highest BCUT2D eigenvalue weighted by atomic mass is 79.9. The molecule has 1 aliphatic carbocycles. The van der Waals surface area contributed by atoms with Crippen molar-refractivity contribution in [2.75, 3.05) is 0 Å². The number of halogens is 2. The van der Waals surface area contributed by atoms with Gasteiger partial charge in [0.15, 0.2) is 0 Å². The lowest BCUT2D eigenvalue weighted by atomic mass is 9.88. The maximum atomic E-state index is 13.3. The summed E-state index contributed by atoms with van der Waals surface area (Å²) in [5.41, 5.74) is 0.710. The highest BCUT2D eigenvalue weighted by molar-refractivity contribution is 9.10. The smallest absolute Gasteiger partial charge is 0.261 e. The van der Waals surface area contributed by atoms with E-state index >= 15 is 0 Å². The zero-order valence-electron chi connectivity index (χ0n) is 15.1. The highest BCUT2D eigenvalue weighted by Crippen LogP contribution is 2.38. The number of aromatic nitrogens is 2. The van der Waals surface area contributed by atoms with Gasteiger partial charge in [-0.3, -0.25) is 14.2 Å². The summed E-state index contributed by atoms with van der Waals surface area (Å²) >= 11 is 3.36. The van der Waals surface area contributed by atoms with Gasteiger partial charge < -0.3 is 5.32 Å². The maximum absolute atomic E-state index is 13.3. The number of carbonyl (C=O) groups excluding carboxylic acids is 1. The Hall–Kier alpha value is -2.54. The summed E-state index contributed by atoms with van der Waals surface area (Å²) in [7, 11) is 0. The van der Waals surface area contributed by atoms with Gasteiger partial charge in [-0.15, -0.1) is 0 Å². The zero-order chi connectivity index (χ0) is 19.7. The fraction of sp³-hybridized carbons (Fsp3) is 0.286. The highest BCUT2D eigenvalue weighted by Gasteiger charge is 2.37. The largest absolute Gasteiger partial charge is 0.345 e. The van der Waals surface area contributed by atoms with Gasteiger partial charge in [-0.1, -0.05) is 40.9 Å². The number of nitrogens with zero attached hydrogens (tertiary/aromatic N) is 2. The van der Waals surface area contributed by atoms with Crippen LogP contribution < -0.4 is 10.9 Å². The van der Waals surface area contributed by atoms with E-state index < -0.39 is 5.54 Å². The minimum absolute atomic E-state index is 0.114. The lowest BCUT2D eigenvalue weighted by Crippen LogP contribution is -2.46. The lowest BCUT2D eigenvalue weighted by Gasteiger charge is -2.31. The van der Waals surface area contributed by atoms with Crippen molar-refractivity contribution >= 4 is 32.7 Å². The Morgan fingerprint density at radius 1 is 1.18 bits per heavy atom. The summed E-state index contributed by atoms with van der Waals surface area (Å²) < 4.78 is 15.4. The normalized spacial score (nSPS) is 15.6. The van der Waals surface area contributed by atoms with E-state index in [4.69, 9.17) is 0 Å². The molecular formula is C21H19BrFN3O2. The molecule has 0 radical (unpaired) electrons. The van der Waals surface area contributed by atoms with Crippen LogP contribution in [0.5, 0.6) is 0 Å². The van der Waals surface area contributed by atoms with Gasteiger partial charge in [0.05, 0.1) is 22.8 Å². The van der Waals surface area contributed by atoms with E-state index in [1.807, 2.05) is 6.07 Å². The van der Waals surface area contributed by atoms with Crippen LogP contribution in [0.1, 0.15) is 31.2 Å². The third-order valence-corrected chi connectivity index (χ3v) is 5.83. The molecule has 28 heavy (non-hydrogen) atoms. The predicted molar refractivity (Wildman–Crippen MR) is 108 cm³/mol. The number of carbonyl (C=O) groups is 1. The third-order valence-electron chi connectivity index (χ3n) is 5.33. The van der Waals surface area contributed by atoms with Gasteiger partial charge >= 0.3 is 0 Å². The van der Waals surface area contributed by atoms with Crippen LogP contribution in [-0.4, -0.2) is 15.5 Å².